The zero-order valence-corrected chi connectivity index (χ0v) is 19.0. The lowest BCUT2D eigenvalue weighted by molar-refractivity contribution is 0.308. The van der Waals surface area contributed by atoms with E-state index in [2.05, 4.69) is 25.6 Å². The number of H-pyrrole nitrogens is 1. The third-order valence-electron chi connectivity index (χ3n) is 5.27. The van der Waals surface area contributed by atoms with Gasteiger partial charge in [-0.1, -0.05) is 48.5 Å². The first-order valence-corrected chi connectivity index (χ1v) is 10.2. The summed E-state index contributed by atoms with van der Waals surface area (Å²) in [6.07, 6.45) is 0. The number of aryl methyl sites for hydroxylation is 1. The van der Waals surface area contributed by atoms with Crippen LogP contribution in [0.4, 0.5) is 0 Å². The molecule has 0 aliphatic carbocycles. The van der Waals surface area contributed by atoms with E-state index in [-0.39, 0.29) is 12.4 Å². The van der Waals surface area contributed by atoms with Crippen LogP contribution in [0, 0.1) is 6.92 Å². The highest BCUT2D eigenvalue weighted by atomic mass is 35.5. The highest BCUT2D eigenvalue weighted by Crippen LogP contribution is 2.36. The van der Waals surface area contributed by atoms with Crippen molar-refractivity contribution in [3.8, 4) is 34.0 Å². The number of para-hydroxylation sites is 1. The van der Waals surface area contributed by atoms with E-state index in [0.29, 0.717) is 12.4 Å². The van der Waals surface area contributed by atoms with Gasteiger partial charge in [-0.2, -0.15) is 5.21 Å². The summed E-state index contributed by atoms with van der Waals surface area (Å²) in [5.74, 6) is 2.10. The fourth-order valence-electron chi connectivity index (χ4n) is 3.79. The third kappa shape index (κ3) is 4.49. The second-order valence-electron chi connectivity index (χ2n) is 7.38. The molecule has 0 saturated heterocycles. The number of hydrogen-bond acceptors (Lipinski definition) is 6. The van der Waals surface area contributed by atoms with Gasteiger partial charge in [0.15, 0.2) is 0 Å². The van der Waals surface area contributed by atoms with Crippen molar-refractivity contribution in [3.63, 3.8) is 0 Å². The minimum atomic E-state index is 0. The van der Waals surface area contributed by atoms with E-state index < -0.39 is 0 Å². The van der Waals surface area contributed by atoms with Crippen molar-refractivity contribution in [2.24, 2.45) is 0 Å². The molecule has 7 nitrogen and oxygen atoms in total. The normalized spacial score (nSPS) is 10.6. The average Bonchev–Trinajstić information content (AvgIpc) is 3.37. The number of ether oxygens (including phenoxy) is 2. The van der Waals surface area contributed by atoms with Crippen LogP contribution in [0.3, 0.4) is 0 Å². The second kappa shape index (κ2) is 9.67. The third-order valence-corrected chi connectivity index (χ3v) is 5.27. The van der Waals surface area contributed by atoms with E-state index in [0.717, 1.165) is 50.3 Å². The number of aromatic nitrogens is 5. The van der Waals surface area contributed by atoms with Crippen molar-refractivity contribution >= 4 is 23.3 Å². The van der Waals surface area contributed by atoms with E-state index in [9.17, 15) is 0 Å². The Balaban J connectivity index is 0.00000259. The summed E-state index contributed by atoms with van der Waals surface area (Å²) in [7, 11) is 1.67. The average molecular weight is 460 g/mol. The van der Waals surface area contributed by atoms with Crippen molar-refractivity contribution in [1.29, 1.82) is 0 Å². The van der Waals surface area contributed by atoms with Crippen LogP contribution in [0.25, 0.3) is 33.4 Å². The highest BCUT2D eigenvalue weighted by Gasteiger charge is 2.15. The molecular weight excluding hydrogens is 438 g/mol. The predicted molar refractivity (Wildman–Crippen MR) is 130 cm³/mol. The summed E-state index contributed by atoms with van der Waals surface area (Å²) in [6.45, 7) is 2.38. The fourth-order valence-corrected chi connectivity index (χ4v) is 3.79. The zero-order valence-electron chi connectivity index (χ0n) is 18.1. The number of hydrogen-bond donors (Lipinski definition) is 1. The summed E-state index contributed by atoms with van der Waals surface area (Å²) in [4.78, 5) is 4.58. The van der Waals surface area contributed by atoms with Crippen molar-refractivity contribution in [2.75, 3.05) is 7.11 Å². The monoisotopic (exact) mass is 459 g/mol. The summed E-state index contributed by atoms with van der Waals surface area (Å²) in [5, 5.41) is 15.4. The molecule has 8 heteroatoms. The van der Waals surface area contributed by atoms with Crippen LogP contribution in [-0.2, 0) is 6.61 Å². The van der Waals surface area contributed by atoms with Crippen LogP contribution in [0.1, 0.15) is 11.3 Å². The number of halogens is 1. The van der Waals surface area contributed by atoms with E-state index in [1.165, 1.54) is 0 Å². The highest BCUT2D eigenvalue weighted by molar-refractivity contribution is 5.86. The topological polar surface area (TPSA) is 85.8 Å². The molecule has 0 saturated carbocycles. The number of rotatable bonds is 6. The molecule has 0 amide bonds. The van der Waals surface area contributed by atoms with Crippen molar-refractivity contribution < 1.29 is 9.47 Å². The van der Waals surface area contributed by atoms with Gasteiger partial charge in [-0.15, -0.1) is 22.6 Å². The van der Waals surface area contributed by atoms with Gasteiger partial charge in [0.1, 0.15) is 18.1 Å². The van der Waals surface area contributed by atoms with Gasteiger partial charge in [0.25, 0.3) is 0 Å². The molecule has 5 rings (SSSR count). The van der Waals surface area contributed by atoms with Crippen molar-refractivity contribution in [3.05, 3.63) is 84.1 Å². The Bertz CT molecular complexity index is 1390. The van der Waals surface area contributed by atoms with Crippen LogP contribution in [-0.4, -0.2) is 32.7 Å². The minimum Gasteiger partial charge on any atom is -0.496 e. The Morgan fingerprint density at radius 2 is 1.64 bits per heavy atom. The number of pyridine rings is 1. The maximum absolute atomic E-state index is 6.19. The molecule has 0 atom stereocenters. The first-order chi connectivity index (χ1) is 15.7. The summed E-state index contributed by atoms with van der Waals surface area (Å²) in [5.41, 5.74) is 5.64. The lowest BCUT2D eigenvalue weighted by atomic mass is 9.97. The van der Waals surface area contributed by atoms with Crippen molar-refractivity contribution in [1.82, 2.24) is 25.6 Å². The molecule has 0 fully saturated rings. The molecule has 166 valence electrons. The number of tetrazole rings is 1. The summed E-state index contributed by atoms with van der Waals surface area (Å²) < 4.78 is 11.9. The van der Waals surface area contributed by atoms with Gasteiger partial charge in [-0.05, 0) is 41.5 Å². The quantitative estimate of drug-likeness (QED) is 0.366. The largest absolute Gasteiger partial charge is 0.496 e. The number of nitrogens with one attached hydrogen (secondary N) is 1. The minimum absolute atomic E-state index is 0. The predicted octanol–water partition coefficient (Wildman–Crippen LogP) is 5.40. The molecule has 1 N–H and O–H groups in total. The van der Waals surface area contributed by atoms with E-state index in [1.54, 1.807) is 7.11 Å². The number of nitrogens with zero attached hydrogens (tertiary/aromatic N) is 4. The van der Waals surface area contributed by atoms with Crippen LogP contribution >= 0.6 is 12.4 Å². The molecule has 5 aromatic rings. The number of aromatic amines is 1. The second-order valence-corrected chi connectivity index (χ2v) is 7.38. The maximum Gasteiger partial charge on any atom is 0.205 e. The van der Waals surface area contributed by atoms with Crippen LogP contribution in [0.2, 0.25) is 0 Å². The number of benzene rings is 3. The van der Waals surface area contributed by atoms with Gasteiger partial charge in [-0.3, -0.25) is 4.98 Å². The molecule has 0 aliphatic rings. The van der Waals surface area contributed by atoms with Gasteiger partial charge in [0.05, 0.1) is 12.6 Å². The van der Waals surface area contributed by atoms with Gasteiger partial charge in [-0.25, -0.2) is 0 Å². The zero-order chi connectivity index (χ0) is 21.9. The summed E-state index contributed by atoms with van der Waals surface area (Å²) in [6, 6.07) is 23.9. The fraction of sp³-hybridized carbons (Fsp3) is 0.120. The van der Waals surface area contributed by atoms with Crippen molar-refractivity contribution in [2.45, 2.75) is 13.5 Å². The van der Waals surface area contributed by atoms with Gasteiger partial charge < -0.3 is 9.47 Å². The first-order valence-electron chi connectivity index (χ1n) is 10.2. The van der Waals surface area contributed by atoms with Gasteiger partial charge in [0.2, 0.25) is 5.82 Å². The molecule has 3 aromatic carbocycles. The van der Waals surface area contributed by atoms with E-state index in [4.69, 9.17) is 9.47 Å². The molecule has 0 bridgehead atoms. The smallest absolute Gasteiger partial charge is 0.205 e. The molecule has 0 spiro atoms. The Morgan fingerprint density at radius 3 is 2.42 bits per heavy atom. The molecular formula is C25H22ClN5O2. The Kier molecular flexibility index (Phi) is 6.51. The Labute approximate surface area is 197 Å². The van der Waals surface area contributed by atoms with Crippen LogP contribution < -0.4 is 9.47 Å². The SMILES string of the molecule is COc1cc(COc2cc(C)nc3ccccc23)ccc1-c1ccccc1-c1nn[nH]n1.Cl. The molecule has 0 radical (unpaired) electrons. The molecule has 33 heavy (non-hydrogen) atoms. The Hall–Kier alpha value is -3.97. The molecule has 2 aromatic heterocycles. The van der Waals surface area contributed by atoms with Crippen LogP contribution in [0.15, 0.2) is 72.8 Å². The maximum atomic E-state index is 6.19. The molecule has 0 aliphatic heterocycles. The van der Waals surface area contributed by atoms with Gasteiger partial charge in [0, 0.05) is 28.3 Å². The van der Waals surface area contributed by atoms with Crippen LogP contribution in [0.5, 0.6) is 11.5 Å². The van der Waals surface area contributed by atoms with Gasteiger partial charge >= 0.3 is 0 Å². The number of fused-ring (bicyclic) bond motifs is 1. The lowest BCUT2D eigenvalue weighted by Gasteiger charge is -2.14. The Morgan fingerprint density at radius 1 is 0.848 bits per heavy atom. The molecule has 0 unspecified atom stereocenters. The lowest BCUT2D eigenvalue weighted by Crippen LogP contribution is -1.99. The summed E-state index contributed by atoms with van der Waals surface area (Å²) >= 11 is 0. The first kappa shape index (κ1) is 22.2. The molecule has 2 heterocycles. The standard InChI is InChI=1S/C25H21N5O2.ClH/c1-16-13-24(21-9-5-6-10-22(21)26-16)32-15-17-11-12-19(23(14-17)31-2)18-7-3-4-8-20(18)25-27-29-30-28-25;/h3-14H,15H2,1-2H3,(H,27,28,29,30);1H. The van der Waals surface area contributed by atoms with E-state index in [1.807, 2.05) is 79.7 Å². The number of methoxy groups -OCH3 is 1. The van der Waals surface area contributed by atoms with E-state index >= 15 is 0 Å².